The van der Waals surface area contributed by atoms with E-state index in [2.05, 4.69) is 37.9 Å². The van der Waals surface area contributed by atoms with Gasteiger partial charge in [-0.05, 0) is 37.1 Å². The molecule has 0 amide bonds. The zero-order chi connectivity index (χ0) is 17.1. The van der Waals surface area contributed by atoms with Gasteiger partial charge in [0.15, 0.2) is 0 Å². The normalized spacial score (nSPS) is 26.8. The van der Waals surface area contributed by atoms with E-state index in [0.717, 1.165) is 45.0 Å². The summed E-state index contributed by atoms with van der Waals surface area (Å²) in [6, 6.07) is 6.33. The van der Waals surface area contributed by atoms with E-state index in [0.29, 0.717) is 6.04 Å². The van der Waals surface area contributed by atoms with Gasteiger partial charge in [0.05, 0.1) is 18.2 Å². The average Bonchev–Trinajstić information content (AvgIpc) is 3.06. The highest BCUT2D eigenvalue weighted by molar-refractivity contribution is 5.30. The van der Waals surface area contributed by atoms with Crippen molar-refractivity contribution in [1.82, 2.24) is 19.9 Å². The fourth-order valence-corrected chi connectivity index (χ4v) is 4.07. The SMILES string of the molecule is CN(c1ncccn1)[C@@H]1CO[C@@]2(CCCN(Cc3cccnc3)C2)C1. The van der Waals surface area contributed by atoms with E-state index in [1.54, 1.807) is 12.4 Å². The Morgan fingerprint density at radius 2 is 2.16 bits per heavy atom. The summed E-state index contributed by atoms with van der Waals surface area (Å²) in [5.74, 6) is 0.774. The maximum Gasteiger partial charge on any atom is 0.225 e. The van der Waals surface area contributed by atoms with Crippen LogP contribution in [0.1, 0.15) is 24.8 Å². The maximum absolute atomic E-state index is 6.35. The van der Waals surface area contributed by atoms with Crippen molar-refractivity contribution < 1.29 is 4.74 Å². The highest BCUT2D eigenvalue weighted by atomic mass is 16.5. The van der Waals surface area contributed by atoms with Crippen molar-refractivity contribution >= 4 is 5.95 Å². The van der Waals surface area contributed by atoms with Gasteiger partial charge in [-0.2, -0.15) is 0 Å². The van der Waals surface area contributed by atoms with Crippen LogP contribution in [0.4, 0.5) is 5.95 Å². The number of aromatic nitrogens is 3. The van der Waals surface area contributed by atoms with Crippen molar-refractivity contribution in [3.05, 3.63) is 48.5 Å². The van der Waals surface area contributed by atoms with Gasteiger partial charge in [-0.25, -0.2) is 9.97 Å². The molecule has 0 unspecified atom stereocenters. The molecule has 4 rings (SSSR count). The number of piperidine rings is 1. The number of anilines is 1. The molecule has 2 atom stereocenters. The van der Waals surface area contributed by atoms with Gasteiger partial charge >= 0.3 is 0 Å². The second-order valence-corrected chi connectivity index (χ2v) is 7.19. The summed E-state index contributed by atoms with van der Waals surface area (Å²) < 4.78 is 6.35. The largest absolute Gasteiger partial charge is 0.371 e. The lowest BCUT2D eigenvalue weighted by atomic mass is 9.88. The van der Waals surface area contributed by atoms with Crippen LogP contribution < -0.4 is 4.90 Å². The number of likely N-dealkylation sites (tertiary alicyclic amines) is 1. The molecule has 2 fully saturated rings. The summed E-state index contributed by atoms with van der Waals surface area (Å²) in [7, 11) is 2.07. The first kappa shape index (κ1) is 16.4. The molecule has 25 heavy (non-hydrogen) atoms. The first-order chi connectivity index (χ1) is 12.2. The molecule has 0 N–H and O–H groups in total. The predicted octanol–water partition coefficient (Wildman–Crippen LogP) is 2.13. The zero-order valence-corrected chi connectivity index (χ0v) is 14.7. The van der Waals surface area contributed by atoms with E-state index in [9.17, 15) is 0 Å². The van der Waals surface area contributed by atoms with Crippen molar-refractivity contribution in [2.24, 2.45) is 0 Å². The van der Waals surface area contributed by atoms with Crippen LogP contribution in [-0.4, -0.2) is 58.2 Å². The highest BCUT2D eigenvalue weighted by Crippen LogP contribution is 2.37. The van der Waals surface area contributed by atoms with E-state index < -0.39 is 0 Å². The lowest BCUT2D eigenvalue weighted by molar-refractivity contribution is -0.0533. The Bertz CT molecular complexity index is 683. The van der Waals surface area contributed by atoms with E-state index >= 15 is 0 Å². The molecular formula is C19H25N5O. The van der Waals surface area contributed by atoms with Crippen LogP contribution in [0.2, 0.25) is 0 Å². The number of pyridine rings is 1. The Morgan fingerprint density at radius 3 is 2.96 bits per heavy atom. The quantitative estimate of drug-likeness (QED) is 0.851. The molecule has 2 aliphatic rings. The molecule has 6 nitrogen and oxygen atoms in total. The van der Waals surface area contributed by atoms with Crippen molar-refractivity contribution in [2.45, 2.75) is 37.5 Å². The summed E-state index contributed by atoms with van der Waals surface area (Å²) in [5, 5.41) is 0. The van der Waals surface area contributed by atoms with E-state index in [-0.39, 0.29) is 5.60 Å². The standard InChI is InChI=1S/C19H25N5O/c1-23(18-21-8-4-9-22-18)17-11-19(25-14-17)6-3-10-24(15-19)13-16-5-2-7-20-12-16/h2,4-5,7-9,12,17H,3,6,10-11,13-15H2,1H3/t17-,19-/m0/s1. The van der Waals surface area contributed by atoms with Crippen LogP contribution in [0.25, 0.3) is 0 Å². The average molecular weight is 339 g/mol. The molecule has 2 saturated heterocycles. The van der Waals surface area contributed by atoms with Crippen molar-refractivity contribution in [2.75, 3.05) is 31.6 Å². The molecular weight excluding hydrogens is 314 g/mol. The fourth-order valence-electron chi connectivity index (χ4n) is 4.07. The van der Waals surface area contributed by atoms with Crippen molar-refractivity contribution in [3.8, 4) is 0 Å². The molecule has 0 saturated carbocycles. The number of hydrogen-bond acceptors (Lipinski definition) is 6. The minimum atomic E-state index is -0.0336. The van der Waals surface area contributed by atoms with Crippen LogP contribution >= 0.6 is 0 Å². The summed E-state index contributed by atoms with van der Waals surface area (Å²) in [6.07, 6.45) is 10.7. The molecule has 132 valence electrons. The van der Waals surface area contributed by atoms with Crippen LogP contribution in [0.5, 0.6) is 0 Å². The van der Waals surface area contributed by atoms with Gasteiger partial charge in [-0.3, -0.25) is 9.88 Å². The molecule has 2 aromatic heterocycles. The summed E-state index contributed by atoms with van der Waals surface area (Å²) in [6.45, 7) is 3.81. The number of hydrogen-bond donors (Lipinski definition) is 0. The van der Waals surface area contributed by atoms with Crippen LogP contribution in [-0.2, 0) is 11.3 Å². The van der Waals surface area contributed by atoms with E-state index in [1.807, 2.05) is 24.5 Å². The molecule has 0 aliphatic carbocycles. The van der Waals surface area contributed by atoms with Crippen LogP contribution in [0.15, 0.2) is 43.0 Å². The summed E-state index contributed by atoms with van der Waals surface area (Å²) >= 11 is 0. The minimum absolute atomic E-state index is 0.0336. The van der Waals surface area contributed by atoms with Gasteiger partial charge in [0, 0.05) is 51.3 Å². The third-order valence-electron chi connectivity index (χ3n) is 5.35. The Balaban J connectivity index is 1.40. The lowest BCUT2D eigenvalue weighted by Gasteiger charge is -2.40. The summed E-state index contributed by atoms with van der Waals surface area (Å²) in [5.41, 5.74) is 1.23. The highest BCUT2D eigenvalue weighted by Gasteiger charge is 2.44. The van der Waals surface area contributed by atoms with Crippen molar-refractivity contribution in [3.63, 3.8) is 0 Å². The molecule has 6 heteroatoms. The number of nitrogens with zero attached hydrogens (tertiary/aromatic N) is 5. The van der Waals surface area contributed by atoms with Gasteiger partial charge in [-0.15, -0.1) is 0 Å². The first-order valence-electron chi connectivity index (χ1n) is 8.99. The molecule has 2 aliphatic heterocycles. The second-order valence-electron chi connectivity index (χ2n) is 7.19. The molecule has 2 aromatic rings. The third kappa shape index (κ3) is 3.65. The van der Waals surface area contributed by atoms with Crippen LogP contribution in [0.3, 0.4) is 0 Å². The fraction of sp³-hybridized carbons (Fsp3) is 0.526. The zero-order valence-electron chi connectivity index (χ0n) is 14.7. The Morgan fingerprint density at radius 1 is 1.28 bits per heavy atom. The molecule has 0 radical (unpaired) electrons. The monoisotopic (exact) mass is 339 g/mol. The molecule has 1 spiro atoms. The van der Waals surface area contributed by atoms with Gasteiger partial charge in [0.2, 0.25) is 5.95 Å². The molecule has 4 heterocycles. The predicted molar refractivity (Wildman–Crippen MR) is 96.3 cm³/mol. The van der Waals surface area contributed by atoms with Crippen LogP contribution in [0, 0.1) is 0 Å². The number of rotatable bonds is 4. The third-order valence-corrected chi connectivity index (χ3v) is 5.35. The Hall–Kier alpha value is -2.05. The Labute approximate surface area is 148 Å². The van der Waals surface area contributed by atoms with Gasteiger partial charge in [0.25, 0.3) is 0 Å². The number of likely N-dealkylation sites (N-methyl/N-ethyl adjacent to an activating group) is 1. The lowest BCUT2D eigenvalue weighted by Crippen LogP contribution is -2.48. The second kappa shape index (κ2) is 7.06. The molecule has 0 aromatic carbocycles. The van der Waals surface area contributed by atoms with Gasteiger partial charge in [0.1, 0.15) is 0 Å². The minimum Gasteiger partial charge on any atom is -0.371 e. The topological polar surface area (TPSA) is 54.4 Å². The van der Waals surface area contributed by atoms with E-state index in [1.165, 1.54) is 12.0 Å². The smallest absolute Gasteiger partial charge is 0.225 e. The van der Waals surface area contributed by atoms with Gasteiger partial charge < -0.3 is 9.64 Å². The van der Waals surface area contributed by atoms with Gasteiger partial charge in [-0.1, -0.05) is 6.07 Å². The van der Waals surface area contributed by atoms with E-state index in [4.69, 9.17) is 4.74 Å². The maximum atomic E-state index is 6.35. The summed E-state index contributed by atoms with van der Waals surface area (Å²) in [4.78, 5) is 17.6. The number of ether oxygens (including phenoxy) is 1. The Kier molecular flexibility index (Phi) is 4.63. The molecule has 0 bridgehead atoms. The first-order valence-corrected chi connectivity index (χ1v) is 8.99. The van der Waals surface area contributed by atoms with Crippen molar-refractivity contribution in [1.29, 1.82) is 0 Å².